The van der Waals surface area contributed by atoms with Crippen molar-refractivity contribution in [3.63, 3.8) is 0 Å². The van der Waals surface area contributed by atoms with E-state index in [1.165, 1.54) is 18.1 Å². The molecule has 0 spiro atoms. The van der Waals surface area contributed by atoms with Crippen LogP contribution in [0.4, 0.5) is 0 Å². The smallest absolute Gasteiger partial charge is 0.303 e. The number of aryl methyl sites for hydroxylation is 2. The number of nitrogens with one attached hydrogen (secondary N) is 1. The lowest BCUT2D eigenvalue weighted by molar-refractivity contribution is -0.137. The van der Waals surface area contributed by atoms with E-state index < -0.39 is 5.97 Å². The van der Waals surface area contributed by atoms with Crippen LogP contribution in [0.5, 0.6) is 0 Å². The lowest BCUT2D eigenvalue weighted by Gasteiger charge is -2.17. The second-order valence-electron chi connectivity index (χ2n) is 5.03. The zero-order chi connectivity index (χ0) is 14.4. The Morgan fingerprint density at radius 3 is 2.26 bits per heavy atom. The van der Waals surface area contributed by atoms with E-state index in [0.29, 0.717) is 12.8 Å². The van der Waals surface area contributed by atoms with Crippen LogP contribution in [0.25, 0.3) is 0 Å². The van der Waals surface area contributed by atoms with Crippen LogP contribution in [0.2, 0.25) is 0 Å². The monoisotopic (exact) mass is 263 g/mol. The normalized spacial score (nSPS) is 11.9. The number of rotatable bonds is 6. The van der Waals surface area contributed by atoms with Crippen molar-refractivity contribution in [3.8, 4) is 0 Å². The molecule has 0 fully saturated rings. The Balaban J connectivity index is 2.74. The van der Waals surface area contributed by atoms with Crippen molar-refractivity contribution in [1.82, 2.24) is 5.32 Å². The van der Waals surface area contributed by atoms with Crippen LogP contribution in [0.3, 0.4) is 0 Å². The van der Waals surface area contributed by atoms with Gasteiger partial charge in [0.25, 0.3) is 0 Å². The molecule has 1 amide bonds. The summed E-state index contributed by atoms with van der Waals surface area (Å²) in [6.07, 6.45) is 1.17. The van der Waals surface area contributed by atoms with Crippen molar-refractivity contribution in [1.29, 1.82) is 0 Å². The summed E-state index contributed by atoms with van der Waals surface area (Å²) in [5, 5.41) is 11.6. The van der Waals surface area contributed by atoms with Gasteiger partial charge in [0.15, 0.2) is 0 Å². The van der Waals surface area contributed by atoms with Crippen LogP contribution in [-0.2, 0) is 16.0 Å². The average Bonchev–Trinajstić information content (AvgIpc) is 2.23. The van der Waals surface area contributed by atoms with Gasteiger partial charge in [-0.05, 0) is 32.3 Å². The Bertz CT molecular complexity index is 448. The summed E-state index contributed by atoms with van der Waals surface area (Å²) in [7, 11) is 0. The van der Waals surface area contributed by atoms with Gasteiger partial charge in [-0.1, -0.05) is 29.3 Å². The largest absolute Gasteiger partial charge is 0.481 e. The van der Waals surface area contributed by atoms with Gasteiger partial charge in [-0.2, -0.15) is 0 Å². The minimum Gasteiger partial charge on any atom is -0.481 e. The number of amides is 1. The number of carbonyl (C=O) groups excluding carboxylic acids is 1. The average molecular weight is 263 g/mol. The first kappa shape index (κ1) is 15.2. The molecule has 1 aromatic carbocycles. The molecular weight excluding hydrogens is 242 g/mol. The summed E-state index contributed by atoms with van der Waals surface area (Å²) in [4.78, 5) is 21.8. The highest BCUT2D eigenvalue weighted by Crippen LogP contribution is 2.13. The van der Waals surface area contributed by atoms with Crippen LogP contribution < -0.4 is 5.32 Å². The topological polar surface area (TPSA) is 66.4 Å². The lowest BCUT2D eigenvalue weighted by Crippen LogP contribution is -2.35. The third-order valence-electron chi connectivity index (χ3n) is 2.88. The number of benzene rings is 1. The molecule has 0 aliphatic heterocycles. The first-order valence-electron chi connectivity index (χ1n) is 6.43. The summed E-state index contributed by atoms with van der Waals surface area (Å²) >= 11 is 0. The molecule has 1 aromatic rings. The fourth-order valence-corrected chi connectivity index (χ4v) is 2.28. The van der Waals surface area contributed by atoms with Gasteiger partial charge in [-0.3, -0.25) is 9.59 Å². The van der Waals surface area contributed by atoms with Crippen molar-refractivity contribution in [2.24, 2.45) is 0 Å². The van der Waals surface area contributed by atoms with E-state index in [1.54, 1.807) is 0 Å². The molecule has 104 valence electrons. The molecule has 1 atom stereocenters. The van der Waals surface area contributed by atoms with Gasteiger partial charge >= 0.3 is 5.97 Å². The van der Waals surface area contributed by atoms with Gasteiger partial charge in [0.1, 0.15) is 0 Å². The molecular formula is C15H21NO3. The second-order valence-corrected chi connectivity index (χ2v) is 5.03. The van der Waals surface area contributed by atoms with E-state index in [4.69, 9.17) is 5.11 Å². The fraction of sp³-hybridized carbons (Fsp3) is 0.467. The minimum absolute atomic E-state index is 0.0652. The zero-order valence-electron chi connectivity index (χ0n) is 11.7. The number of carboxylic acids is 1. The first-order chi connectivity index (χ1) is 8.86. The minimum atomic E-state index is -0.837. The van der Waals surface area contributed by atoms with E-state index in [-0.39, 0.29) is 18.4 Å². The third-order valence-corrected chi connectivity index (χ3v) is 2.88. The van der Waals surface area contributed by atoms with Gasteiger partial charge in [-0.25, -0.2) is 0 Å². The molecule has 0 aromatic heterocycles. The summed E-state index contributed by atoms with van der Waals surface area (Å²) in [5.74, 6) is -0.962. The van der Waals surface area contributed by atoms with Crippen LogP contribution >= 0.6 is 0 Å². The van der Waals surface area contributed by atoms with Crippen LogP contribution in [0.15, 0.2) is 18.2 Å². The molecule has 2 N–H and O–H groups in total. The summed E-state index contributed by atoms with van der Waals surface area (Å²) in [6, 6.07) is 6.11. The Morgan fingerprint density at radius 2 is 1.79 bits per heavy atom. The van der Waals surface area contributed by atoms with Crippen molar-refractivity contribution < 1.29 is 14.7 Å². The highest BCUT2D eigenvalue weighted by atomic mass is 16.4. The molecule has 0 radical (unpaired) electrons. The van der Waals surface area contributed by atoms with E-state index in [1.807, 2.05) is 13.8 Å². The maximum absolute atomic E-state index is 11.2. The van der Waals surface area contributed by atoms with E-state index in [0.717, 1.165) is 5.56 Å². The molecule has 0 aliphatic rings. The molecule has 19 heavy (non-hydrogen) atoms. The number of hydrogen-bond donors (Lipinski definition) is 2. The molecule has 4 nitrogen and oxygen atoms in total. The maximum Gasteiger partial charge on any atom is 0.303 e. The Hall–Kier alpha value is -1.84. The van der Waals surface area contributed by atoms with Crippen molar-refractivity contribution in [2.45, 2.75) is 46.1 Å². The molecule has 0 saturated carbocycles. The number of hydrogen-bond acceptors (Lipinski definition) is 2. The third kappa shape index (κ3) is 6.04. The quantitative estimate of drug-likeness (QED) is 0.827. The van der Waals surface area contributed by atoms with Crippen LogP contribution in [0, 0.1) is 13.8 Å². The maximum atomic E-state index is 11.2. The second kappa shape index (κ2) is 6.92. The number of carboxylic acid groups (broad SMARTS) is 1. The molecule has 0 saturated heterocycles. The first-order valence-corrected chi connectivity index (χ1v) is 6.43. The Morgan fingerprint density at radius 1 is 1.21 bits per heavy atom. The number of carbonyl (C=O) groups is 2. The van der Waals surface area contributed by atoms with Crippen molar-refractivity contribution in [3.05, 3.63) is 34.9 Å². The predicted octanol–water partition coefficient (Wildman–Crippen LogP) is 2.22. The standard InChI is InChI=1S/C15H21NO3/c1-10-6-11(2)8-13(7-10)9-14(16-12(3)17)4-5-15(18)19/h6-8,14H,4-5,9H2,1-3H3,(H,16,17)(H,18,19). The summed E-state index contributed by atoms with van der Waals surface area (Å²) in [5.41, 5.74) is 3.48. The van der Waals surface area contributed by atoms with Gasteiger partial charge < -0.3 is 10.4 Å². The molecule has 1 unspecified atom stereocenters. The van der Waals surface area contributed by atoms with E-state index in [9.17, 15) is 9.59 Å². The highest BCUT2D eigenvalue weighted by Gasteiger charge is 2.13. The Kier molecular flexibility index (Phi) is 5.55. The van der Waals surface area contributed by atoms with Crippen molar-refractivity contribution >= 4 is 11.9 Å². The van der Waals surface area contributed by atoms with Gasteiger partial charge in [-0.15, -0.1) is 0 Å². The van der Waals surface area contributed by atoms with Gasteiger partial charge in [0.05, 0.1) is 0 Å². The zero-order valence-corrected chi connectivity index (χ0v) is 11.7. The fourth-order valence-electron chi connectivity index (χ4n) is 2.28. The molecule has 0 heterocycles. The summed E-state index contributed by atoms with van der Waals surface area (Å²) in [6.45, 7) is 5.51. The molecule has 1 rings (SSSR count). The van der Waals surface area contributed by atoms with E-state index >= 15 is 0 Å². The Labute approximate surface area is 113 Å². The van der Waals surface area contributed by atoms with Crippen LogP contribution in [-0.4, -0.2) is 23.0 Å². The lowest BCUT2D eigenvalue weighted by atomic mass is 9.98. The van der Waals surface area contributed by atoms with Gasteiger partial charge in [0, 0.05) is 19.4 Å². The molecule has 4 heteroatoms. The van der Waals surface area contributed by atoms with E-state index in [2.05, 4.69) is 23.5 Å². The highest BCUT2D eigenvalue weighted by molar-refractivity contribution is 5.73. The predicted molar refractivity (Wildman–Crippen MR) is 74.1 cm³/mol. The molecule has 0 aliphatic carbocycles. The SMILES string of the molecule is CC(=O)NC(CCC(=O)O)Cc1cc(C)cc(C)c1. The van der Waals surface area contributed by atoms with Gasteiger partial charge in [0.2, 0.25) is 5.91 Å². The number of aliphatic carboxylic acids is 1. The molecule has 0 bridgehead atoms. The van der Waals surface area contributed by atoms with Crippen LogP contribution in [0.1, 0.15) is 36.5 Å². The van der Waals surface area contributed by atoms with Crippen molar-refractivity contribution in [2.75, 3.05) is 0 Å². The summed E-state index contributed by atoms with van der Waals surface area (Å²) < 4.78 is 0.